The second-order valence-electron chi connectivity index (χ2n) is 4.58. The van der Waals surface area contributed by atoms with Crippen LogP contribution in [0.3, 0.4) is 0 Å². The lowest BCUT2D eigenvalue weighted by Crippen LogP contribution is -2.42. The Morgan fingerprint density at radius 1 is 1.17 bits per heavy atom. The van der Waals surface area contributed by atoms with E-state index in [9.17, 15) is 4.79 Å². The van der Waals surface area contributed by atoms with E-state index in [0.717, 1.165) is 6.54 Å². The van der Waals surface area contributed by atoms with Crippen LogP contribution in [0.1, 0.15) is 39.5 Å². The molecule has 0 heterocycles. The maximum Gasteiger partial charge on any atom is 0.314 e. The molecule has 1 aliphatic rings. The molecule has 0 aromatic rings. The number of hydrogen-bond acceptors (Lipinski definition) is 3. The molecular formula is C13H26N2O3. The molecule has 0 bridgehead atoms. The zero-order valence-electron chi connectivity index (χ0n) is 11.5. The summed E-state index contributed by atoms with van der Waals surface area (Å²) in [7, 11) is 0. The second kappa shape index (κ2) is 9.16. The highest BCUT2D eigenvalue weighted by molar-refractivity contribution is 5.73. The van der Waals surface area contributed by atoms with E-state index in [1.807, 2.05) is 13.8 Å². The molecule has 0 spiro atoms. The Kier molecular flexibility index (Phi) is 7.76. The van der Waals surface area contributed by atoms with Crippen LogP contribution in [0.15, 0.2) is 0 Å². The minimum atomic E-state index is -0.350. The quantitative estimate of drug-likeness (QED) is 0.653. The summed E-state index contributed by atoms with van der Waals surface area (Å²) in [5, 5.41) is 5.68. The van der Waals surface area contributed by atoms with E-state index in [1.54, 1.807) is 0 Å². The lowest BCUT2D eigenvalue weighted by atomic mass is 10.1. The maximum atomic E-state index is 11.6. The predicted octanol–water partition coefficient (Wildman–Crippen LogP) is 1.87. The van der Waals surface area contributed by atoms with Crippen molar-refractivity contribution in [3.05, 3.63) is 0 Å². The van der Waals surface area contributed by atoms with Crippen LogP contribution in [-0.2, 0) is 9.47 Å². The predicted molar refractivity (Wildman–Crippen MR) is 70.4 cm³/mol. The van der Waals surface area contributed by atoms with Crippen molar-refractivity contribution in [1.29, 1.82) is 0 Å². The van der Waals surface area contributed by atoms with Crippen LogP contribution in [0.5, 0.6) is 0 Å². The highest BCUT2D eigenvalue weighted by atomic mass is 16.7. The summed E-state index contributed by atoms with van der Waals surface area (Å²) >= 11 is 0. The molecule has 1 rings (SSSR count). The average molecular weight is 258 g/mol. The van der Waals surface area contributed by atoms with E-state index >= 15 is 0 Å². The number of carbonyl (C=O) groups is 1. The first-order valence-electron chi connectivity index (χ1n) is 7.01. The summed E-state index contributed by atoms with van der Waals surface area (Å²) in [6.45, 7) is 6.14. The van der Waals surface area contributed by atoms with Crippen molar-refractivity contribution in [3.63, 3.8) is 0 Å². The van der Waals surface area contributed by atoms with Gasteiger partial charge in [0.05, 0.1) is 6.54 Å². The summed E-state index contributed by atoms with van der Waals surface area (Å²) in [6, 6.07) is -0.133. The topological polar surface area (TPSA) is 59.6 Å². The van der Waals surface area contributed by atoms with Crippen LogP contribution in [0.4, 0.5) is 4.79 Å². The van der Waals surface area contributed by atoms with E-state index in [0.29, 0.717) is 25.7 Å². The minimum Gasteiger partial charge on any atom is -0.351 e. The monoisotopic (exact) mass is 258 g/mol. The van der Waals surface area contributed by atoms with Gasteiger partial charge < -0.3 is 20.1 Å². The lowest BCUT2D eigenvalue weighted by Gasteiger charge is -2.18. The van der Waals surface area contributed by atoms with E-state index < -0.39 is 0 Å². The fraction of sp³-hybridized carbons (Fsp3) is 0.923. The van der Waals surface area contributed by atoms with Gasteiger partial charge in [-0.2, -0.15) is 0 Å². The summed E-state index contributed by atoms with van der Waals surface area (Å²) in [6.07, 6.45) is 4.72. The first kappa shape index (κ1) is 15.2. The number of rotatable bonds is 8. The smallest absolute Gasteiger partial charge is 0.314 e. The standard InChI is InChI=1S/C13H26N2O3/c1-3-17-12(18-4-2)10-15-13(16)14-9-11-7-5-6-8-11/h11-12H,3-10H2,1-2H3,(H2,14,15,16). The molecule has 1 aliphatic carbocycles. The molecule has 0 saturated heterocycles. The summed E-state index contributed by atoms with van der Waals surface area (Å²) in [4.78, 5) is 11.6. The van der Waals surface area contributed by atoms with E-state index in [4.69, 9.17) is 9.47 Å². The Hall–Kier alpha value is -0.810. The van der Waals surface area contributed by atoms with Crippen molar-refractivity contribution in [2.45, 2.75) is 45.8 Å². The van der Waals surface area contributed by atoms with Crippen molar-refractivity contribution in [2.75, 3.05) is 26.3 Å². The van der Waals surface area contributed by atoms with Crippen LogP contribution in [-0.4, -0.2) is 38.6 Å². The lowest BCUT2D eigenvalue weighted by molar-refractivity contribution is -0.131. The van der Waals surface area contributed by atoms with Crippen molar-refractivity contribution in [3.8, 4) is 0 Å². The van der Waals surface area contributed by atoms with E-state index in [1.165, 1.54) is 25.7 Å². The number of carbonyl (C=O) groups excluding carboxylic acids is 1. The number of amides is 2. The molecule has 0 aromatic heterocycles. The second-order valence-corrected chi connectivity index (χ2v) is 4.58. The fourth-order valence-electron chi connectivity index (χ4n) is 2.23. The molecule has 5 heteroatoms. The van der Waals surface area contributed by atoms with Gasteiger partial charge in [0.2, 0.25) is 0 Å². The number of hydrogen-bond donors (Lipinski definition) is 2. The average Bonchev–Trinajstić information content (AvgIpc) is 2.87. The van der Waals surface area contributed by atoms with Gasteiger partial charge in [-0.3, -0.25) is 0 Å². The normalized spacial score (nSPS) is 16.2. The molecule has 18 heavy (non-hydrogen) atoms. The van der Waals surface area contributed by atoms with Gasteiger partial charge in [-0.1, -0.05) is 12.8 Å². The van der Waals surface area contributed by atoms with E-state index in [2.05, 4.69) is 10.6 Å². The summed E-state index contributed by atoms with van der Waals surface area (Å²) in [5.74, 6) is 0.658. The molecular weight excluding hydrogens is 232 g/mol. The molecule has 0 radical (unpaired) electrons. The molecule has 106 valence electrons. The SMILES string of the molecule is CCOC(CNC(=O)NCC1CCCC1)OCC. The first-order chi connectivity index (χ1) is 8.76. The van der Waals surface area contributed by atoms with Gasteiger partial charge in [0.1, 0.15) is 0 Å². The van der Waals surface area contributed by atoms with Crippen molar-refractivity contribution in [2.24, 2.45) is 5.92 Å². The zero-order chi connectivity index (χ0) is 13.2. The maximum absolute atomic E-state index is 11.6. The van der Waals surface area contributed by atoms with Gasteiger partial charge in [0, 0.05) is 19.8 Å². The highest BCUT2D eigenvalue weighted by Gasteiger charge is 2.16. The van der Waals surface area contributed by atoms with Crippen LogP contribution >= 0.6 is 0 Å². The Bertz CT molecular complexity index is 224. The Balaban J connectivity index is 2.10. The third-order valence-electron chi connectivity index (χ3n) is 3.16. The first-order valence-corrected chi connectivity index (χ1v) is 7.01. The molecule has 5 nitrogen and oxygen atoms in total. The Labute approximate surface area is 110 Å². The molecule has 0 atom stereocenters. The zero-order valence-corrected chi connectivity index (χ0v) is 11.5. The molecule has 0 aromatic carbocycles. The van der Waals surface area contributed by atoms with Crippen LogP contribution in [0.25, 0.3) is 0 Å². The molecule has 2 amide bonds. The van der Waals surface area contributed by atoms with E-state index in [-0.39, 0.29) is 12.3 Å². The third kappa shape index (κ3) is 6.21. The summed E-state index contributed by atoms with van der Waals surface area (Å²) < 4.78 is 10.7. The molecule has 1 fully saturated rings. The molecule has 1 saturated carbocycles. The Morgan fingerprint density at radius 3 is 2.33 bits per heavy atom. The number of ether oxygens (including phenoxy) is 2. The van der Waals surface area contributed by atoms with Gasteiger partial charge in [0.25, 0.3) is 0 Å². The Morgan fingerprint density at radius 2 is 1.78 bits per heavy atom. The van der Waals surface area contributed by atoms with Crippen molar-refractivity contribution >= 4 is 6.03 Å². The third-order valence-corrected chi connectivity index (χ3v) is 3.16. The largest absolute Gasteiger partial charge is 0.351 e. The fourth-order valence-corrected chi connectivity index (χ4v) is 2.23. The highest BCUT2D eigenvalue weighted by Crippen LogP contribution is 2.23. The van der Waals surface area contributed by atoms with Gasteiger partial charge in [-0.05, 0) is 32.6 Å². The van der Waals surface area contributed by atoms with Crippen LogP contribution in [0.2, 0.25) is 0 Å². The van der Waals surface area contributed by atoms with Crippen LogP contribution < -0.4 is 10.6 Å². The van der Waals surface area contributed by atoms with Gasteiger partial charge in [-0.25, -0.2) is 4.79 Å². The van der Waals surface area contributed by atoms with Crippen molar-refractivity contribution < 1.29 is 14.3 Å². The number of urea groups is 1. The molecule has 2 N–H and O–H groups in total. The van der Waals surface area contributed by atoms with Gasteiger partial charge in [-0.15, -0.1) is 0 Å². The minimum absolute atomic E-state index is 0.133. The molecule has 0 unspecified atom stereocenters. The molecule has 0 aliphatic heterocycles. The van der Waals surface area contributed by atoms with Crippen LogP contribution in [0, 0.1) is 5.92 Å². The van der Waals surface area contributed by atoms with Crippen molar-refractivity contribution in [1.82, 2.24) is 10.6 Å². The van der Waals surface area contributed by atoms with Gasteiger partial charge in [0.15, 0.2) is 6.29 Å². The summed E-state index contributed by atoms with van der Waals surface area (Å²) in [5.41, 5.74) is 0. The van der Waals surface area contributed by atoms with Gasteiger partial charge >= 0.3 is 6.03 Å². The number of nitrogens with one attached hydrogen (secondary N) is 2.